The highest BCUT2D eigenvalue weighted by atomic mass is 16.2. The largest absolute Gasteiger partial charge is 0.351 e. The van der Waals surface area contributed by atoms with Gasteiger partial charge in [-0.25, -0.2) is 0 Å². The van der Waals surface area contributed by atoms with E-state index >= 15 is 0 Å². The van der Waals surface area contributed by atoms with Gasteiger partial charge in [-0.1, -0.05) is 27.7 Å². The number of aliphatic imine (C=N–C) groups is 1. The number of carbonyl (C=O) groups excluding carboxylic acids is 2. The van der Waals surface area contributed by atoms with Gasteiger partial charge >= 0.3 is 0 Å². The highest BCUT2D eigenvalue weighted by Gasteiger charge is 2.14. The molecule has 22 heavy (non-hydrogen) atoms. The van der Waals surface area contributed by atoms with E-state index in [1.54, 1.807) is 14.0 Å². The number of Topliss-reactive ketones (excluding diaryl/α,β-unsaturated/α-hetero) is 1. The van der Waals surface area contributed by atoms with E-state index in [0.717, 1.165) is 38.6 Å². The first kappa shape index (κ1) is 23.0. The third-order valence-corrected chi connectivity index (χ3v) is 3.18. The molecule has 5 nitrogen and oxygen atoms in total. The summed E-state index contributed by atoms with van der Waals surface area (Å²) in [5.74, 6) is 0.145. The Morgan fingerprint density at radius 2 is 1.82 bits per heavy atom. The first-order valence-corrected chi connectivity index (χ1v) is 8.64. The molecular weight excluding hydrogens is 278 g/mol. The molecule has 0 fully saturated rings. The fourth-order valence-corrected chi connectivity index (χ4v) is 2.05. The molecule has 1 heterocycles. The van der Waals surface area contributed by atoms with Gasteiger partial charge in [0.1, 0.15) is 5.78 Å². The van der Waals surface area contributed by atoms with Crippen LogP contribution in [0.3, 0.4) is 0 Å². The minimum atomic E-state index is -0.0556. The smallest absolute Gasteiger partial charge is 0.265 e. The molecular formula is C17H35N3O2. The molecule has 1 atom stereocenters. The molecule has 130 valence electrons. The van der Waals surface area contributed by atoms with Gasteiger partial charge in [-0.3, -0.25) is 14.6 Å². The Hall–Kier alpha value is -1.23. The monoisotopic (exact) mass is 313 g/mol. The van der Waals surface area contributed by atoms with Crippen molar-refractivity contribution in [2.24, 2.45) is 4.99 Å². The summed E-state index contributed by atoms with van der Waals surface area (Å²) >= 11 is 0. The van der Waals surface area contributed by atoms with Gasteiger partial charge in [-0.15, -0.1) is 0 Å². The Bertz CT molecular complexity index is 328. The summed E-state index contributed by atoms with van der Waals surface area (Å²) in [5.41, 5.74) is 0.687. The van der Waals surface area contributed by atoms with Gasteiger partial charge in [-0.2, -0.15) is 0 Å². The van der Waals surface area contributed by atoms with Crippen molar-refractivity contribution >= 4 is 17.4 Å². The lowest BCUT2D eigenvalue weighted by Crippen LogP contribution is -2.33. The summed E-state index contributed by atoms with van der Waals surface area (Å²) in [6, 6.07) is -0.0556. The Morgan fingerprint density at radius 1 is 1.18 bits per heavy atom. The van der Waals surface area contributed by atoms with E-state index in [1.807, 2.05) is 27.7 Å². The van der Waals surface area contributed by atoms with E-state index in [1.165, 1.54) is 0 Å². The summed E-state index contributed by atoms with van der Waals surface area (Å²) in [5, 5.41) is 5.86. The topological polar surface area (TPSA) is 70.6 Å². The molecule has 5 heteroatoms. The minimum Gasteiger partial charge on any atom is -0.351 e. The number of amides is 1. The lowest BCUT2D eigenvalue weighted by molar-refractivity contribution is -0.119. The zero-order chi connectivity index (χ0) is 17.4. The normalized spacial score (nSPS) is 13.8. The highest BCUT2D eigenvalue weighted by Crippen LogP contribution is 2.04. The summed E-state index contributed by atoms with van der Waals surface area (Å²) < 4.78 is 0. The molecule has 0 aromatic rings. The Kier molecular flexibility index (Phi) is 16.9. The maximum atomic E-state index is 11.6. The van der Waals surface area contributed by atoms with Crippen LogP contribution in [0.15, 0.2) is 4.99 Å². The fraction of sp³-hybridized carbons (Fsp3) is 0.824. The van der Waals surface area contributed by atoms with Crippen LogP contribution in [-0.4, -0.2) is 43.6 Å². The van der Waals surface area contributed by atoms with E-state index in [4.69, 9.17) is 0 Å². The van der Waals surface area contributed by atoms with Crippen LogP contribution in [0.1, 0.15) is 66.7 Å². The van der Waals surface area contributed by atoms with E-state index in [-0.39, 0.29) is 17.7 Å². The summed E-state index contributed by atoms with van der Waals surface area (Å²) in [4.78, 5) is 26.9. The van der Waals surface area contributed by atoms with Crippen LogP contribution in [0, 0.1) is 0 Å². The second-order valence-electron chi connectivity index (χ2n) is 4.64. The number of unbranched alkanes of at least 4 members (excludes halogenated alkanes) is 1. The van der Waals surface area contributed by atoms with Crippen LogP contribution in [-0.2, 0) is 9.59 Å². The Labute approximate surface area is 136 Å². The van der Waals surface area contributed by atoms with Gasteiger partial charge in [0.2, 0.25) is 0 Å². The molecule has 1 rings (SSSR count). The quantitative estimate of drug-likeness (QED) is 0.677. The van der Waals surface area contributed by atoms with Gasteiger partial charge in [0.05, 0.1) is 11.8 Å². The molecule has 0 saturated carbocycles. The molecule has 1 amide bonds. The van der Waals surface area contributed by atoms with Crippen molar-refractivity contribution in [2.75, 3.05) is 20.1 Å². The zero-order valence-corrected chi connectivity index (χ0v) is 15.3. The van der Waals surface area contributed by atoms with Crippen LogP contribution < -0.4 is 10.6 Å². The van der Waals surface area contributed by atoms with Gasteiger partial charge in [0.15, 0.2) is 0 Å². The molecule has 1 aliphatic heterocycles. The average molecular weight is 313 g/mol. The second-order valence-corrected chi connectivity index (χ2v) is 4.64. The standard InChI is InChI=1S/C13H23N3O2.2C2H6/c1-10(17)11(14-2)6-3-4-8-16-13(18)12-7-5-9-15-12;2*1-2/h11,14H,3-9H2,1-2H3,(H,16,18);2*1-2H3. The number of hydrogen-bond acceptors (Lipinski definition) is 4. The third-order valence-electron chi connectivity index (χ3n) is 3.18. The maximum Gasteiger partial charge on any atom is 0.265 e. The summed E-state index contributed by atoms with van der Waals surface area (Å²) in [6.45, 7) is 11.0. The number of nitrogens with one attached hydrogen (secondary N) is 2. The lowest BCUT2D eigenvalue weighted by atomic mass is 10.1. The predicted octanol–water partition coefficient (Wildman–Crippen LogP) is 2.74. The molecule has 1 aliphatic rings. The van der Waals surface area contributed by atoms with Crippen molar-refractivity contribution in [3.05, 3.63) is 0 Å². The van der Waals surface area contributed by atoms with Gasteiger partial charge < -0.3 is 10.6 Å². The molecule has 2 N–H and O–H groups in total. The zero-order valence-electron chi connectivity index (χ0n) is 15.3. The summed E-state index contributed by atoms with van der Waals surface area (Å²) in [7, 11) is 1.80. The molecule has 0 bridgehead atoms. The van der Waals surface area contributed by atoms with Crippen molar-refractivity contribution in [3.8, 4) is 0 Å². The SMILES string of the molecule is CC.CC.CNC(CCCCNC(=O)C1=NCCC1)C(C)=O. The van der Waals surface area contributed by atoms with Crippen LogP contribution in [0.25, 0.3) is 0 Å². The molecule has 0 aliphatic carbocycles. The van der Waals surface area contributed by atoms with E-state index in [2.05, 4.69) is 15.6 Å². The molecule has 0 aromatic heterocycles. The van der Waals surface area contributed by atoms with Crippen molar-refractivity contribution in [1.82, 2.24) is 10.6 Å². The average Bonchev–Trinajstić information content (AvgIpc) is 3.08. The van der Waals surface area contributed by atoms with E-state index in [9.17, 15) is 9.59 Å². The molecule has 0 spiro atoms. The first-order valence-electron chi connectivity index (χ1n) is 8.64. The van der Waals surface area contributed by atoms with E-state index < -0.39 is 0 Å². The molecule has 1 unspecified atom stereocenters. The lowest BCUT2D eigenvalue weighted by Gasteiger charge is -2.12. The molecule has 0 saturated heterocycles. The molecule has 0 radical (unpaired) electrons. The van der Waals surface area contributed by atoms with Crippen LogP contribution in [0.2, 0.25) is 0 Å². The number of rotatable bonds is 8. The predicted molar refractivity (Wildman–Crippen MR) is 94.6 cm³/mol. The summed E-state index contributed by atoms with van der Waals surface area (Å²) in [6.07, 6.45) is 4.44. The fourth-order valence-electron chi connectivity index (χ4n) is 2.05. The van der Waals surface area contributed by atoms with Crippen molar-refractivity contribution < 1.29 is 9.59 Å². The third kappa shape index (κ3) is 10.5. The van der Waals surface area contributed by atoms with Crippen molar-refractivity contribution in [2.45, 2.75) is 72.8 Å². The van der Waals surface area contributed by atoms with Crippen LogP contribution >= 0.6 is 0 Å². The number of hydrogen-bond donors (Lipinski definition) is 2. The van der Waals surface area contributed by atoms with Crippen molar-refractivity contribution in [3.63, 3.8) is 0 Å². The number of nitrogens with zero attached hydrogens (tertiary/aromatic N) is 1. The number of ketones is 1. The van der Waals surface area contributed by atoms with Gasteiger partial charge in [0.25, 0.3) is 5.91 Å². The molecule has 0 aromatic carbocycles. The van der Waals surface area contributed by atoms with Crippen LogP contribution in [0.5, 0.6) is 0 Å². The van der Waals surface area contributed by atoms with Gasteiger partial charge in [-0.05, 0) is 46.1 Å². The highest BCUT2D eigenvalue weighted by molar-refractivity contribution is 6.39. The minimum absolute atomic E-state index is 0.0239. The second kappa shape index (κ2) is 16.1. The number of carbonyl (C=O) groups is 2. The van der Waals surface area contributed by atoms with Gasteiger partial charge in [0, 0.05) is 13.1 Å². The Balaban J connectivity index is 0. The first-order chi connectivity index (χ1) is 10.6. The van der Waals surface area contributed by atoms with Crippen LogP contribution in [0.4, 0.5) is 0 Å². The van der Waals surface area contributed by atoms with Crippen molar-refractivity contribution in [1.29, 1.82) is 0 Å². The number of likely N-dealkylation sites (N-methyl/N-ethyl adjacent to an activating group) is 1. The van der Waals surface area contributed by atoms with E-state index in [0.29, 0.717) is 12.3 Å². The Morgan fingerprint density at radius 3 is 2.27 bits per heavy atom. The maximum absolute atomic E-state index is 11.6.